The fourth-order valence-corrected chi connectivity index (χ4v) is 3.35. The van der Waals surface area contributed by atoms with Gasteiger partial charge < -0.3 is 10.0 Å². The SMILES string of the molecule is CC(C)(C)c1ccc(N2C(=O)CC(F)C2Cc2cccc(O)c2)cc1. The Kier molecular flexibility index (Phi) is 4.55. The van der Waals surface area contributed by atoms with Gasteiger partial charge >= 0.3 is 0 Å². The number of alkyl halides is 1. The van der Waals surface area contributed by atoms with Crippen molar-refractivity contribution in [2.45, 2.75) is 51.2 Å². The fourth-order valence-electron chi connectivity index (χ4n) is 3.35. The molecule has 0 radical (unpaired) electrons. The van der Waals surface area contributed by atoms with Crippen LogP contribution in [0.15, 0.2) is 48.5 Å². The van der Waals surface area contributed by atoms with E-state index >= 15 is 0 Å². The highest BCUT2D eigenvalue weighted by Crippen LogP contribution is 2.33. The lowest BCUT2D eigenvalue weighted by molar-refractivity contribution is -0.117. The van der Waals surface area contributed by atoms with Crippen LogP contribution < -0.4 is 4.90 Å². The molecule has 3 nitrogen and oxygen atoms in total. The van der Waals surface area contributed by atoms with Crippen molar-refractivity contribution >= 4 is 11.6 Å². The van der Waals surface area contributed by atoms with E-state index in [0.717, 1.165) is 11.3 Å². The largest absolute Gasteiger partial charge is 0.508 e. The highest BCUT2D eigenvalue weighted by atomic mass is 19.1. The van der Waals surface area contributed by atoms with Crippen molar-refractivity contribution < 1.29 is 14.3 Å². The van der Waals surface area contributed by atoms with Crippen LogP contribution >= 0.6 is 0 Å². The van der Waals surface area contributed by atoms with Crippen LogP contribution in [0.3, 0.4) is 0 Å². The van der Waals surface area contributed by atoms with Crippen LogP contribution in [0.5, 0.6) is 5.75 Å². The zero-order chi connectivity index (χ0) is 18.2. The van der Waals surface area contributed by atoms with Crippen molar-refractivity contribution in [3.05, 3.63) is 59.7 Å². The average molecular weight is 341 g/mol. The summed E-state index contributed by atoms with van der Waals surface area (Å²) >= 11 is 0. The summed E-state index contributed by atoms with van der Waals surface area (Å²) < 4.78 is 14.5. The summed E-state index contributed by atoms with van der Waals surface area (Å²) in [6, 6.07) is 14.0. The first kappa shape index (κ1) is 17.5. The third kappa shape index (κ3) is 3.68. The average Bonchev–Trinajstić information content (AvgIpc) is 2.80. The highest BCUT2D eigenvalue weighted by molar-refractivity contribution is 5.97. The molecule has 25 heavy (non-hydrogen) atoms. The number of carbonyl (C=O) groups is 1. The smallest absolute Gasteiger partial charge is 0.230 e. The summed E-state index contributed by atoms with van der Waals surface area (Å²) in [4.78, 5) is 13.9. The third-order valence-corrected chi connectivity index (χ3v) is 4.75. The summed E-state index contributed by atoms with van der Waals surface area (Å²) in [5.74, 6) is -0.0422. The van der Waals surface area contributed by atoms with E-state index in [1.807, 2.05) is 30.3 Å². The van der Waals surface area contributed by atoms with Crippen LogP contribution in [-0.2, 0) is 16.6 Å². The van der Waals surface area contributed by atoms with E-state index in [-0.39, 0.29) is 23.5 Å². The summed E-state index contributed by atoms with van der Waals surface area (Å²) in [7, 11) is 0. The molecule has 2 aromatic carbocycles. The first-order chi connectivity index (χ1) is 11.8. The number of rotatable bonds is 3. The molecule has 2 aromatic rings. The zero-order valence-electron chi connectivity index (χ0n) is 14.9. The predicted molar refractivity (Wildman–Crippen MR) is 97.7 cm³/mol. The Bertz CT molecular complexity index is 764. The molecule has 1 heterocycles. The van der Waals surface area contributed by atoms with Crippen molar-refractivity contribution in [2.24, 2.45) is 0 Å². The lowest BCUT2D eigenvalue weighted by Gasteiger charge is -2.27. The predicted octanol–water partition coefficient (Wildman–Crippen LogP) is 4.38. The molecular weight excluding hydrogens is 317 g/mol. The van der Waals surface area contributed by atoms with Crippen molar-refractivity contribution in [3.8, 4) is 5.75 Å². The van der Waals surface area contributed by atoms with Crippen LogP contribution in [0, 0.1) is 0 Å². The van der Waals surface area contributed by atoms with E-state index in [2.05, 4.69) is 20.8 Å². The molecule has 132 valence electrons. The number of halogens is 1. The third-order valence-electron chi connectivity index (χ3n) is 4.75. The van der Waals surface area contributed by atoms with Crippen LogP contribution in [0.4, 0.5) is 10.1 Å². The summed E-state index contributed by atoms with van der Waals surface area (Å²) in [6.07, 6.45) is -0.926. The van der Waals surface area contributed by atoms with Gasteiger partial charge in [-0.15, -0.1) is 0 Å². The number of carbonyl (C=O) groups excluding carboxylic acids is 1. The van der Waals surface area contributed by atoms with Crippen molar-refractivity contribution in [2.75, 3.05) is 4.90 Å². The number of anilines is 1. The number of benzene rings is 2. The number of hydrogen-bond donors (Lipinski definition) is 1. The van der Waals surface area contributed by atoms with Gasteiger partial charge in [0, 0.05) is 5.69 Å². The van der Waals surface area contributed by atoms with Gasteiger partial charge in [0.05, 0.1) is 12.5 Å². The van der Waals surface area contributed by atoms with Crippen molar-refractivity contribution in [3.63, 3.8) is 0 Å². The quantitative estimate of drug-likeness (QED) is 0.900. The monoisotopic (exact) mass is 341 g/mol. The van der Waals surface area contributed by atoms with Crippen LogP contribution in [0.2, 0.25) is 0 Å². The maximum atomic E-state index is 14.5. The minimum Gasteiger partial charge on any atom is -0.508 e. The normalized spacial score (nSPS) is 21.0. The Morgan fingerprint density at radius 3 is 2.44 bits per heavy atom. The van der Waals surface area contributed by atoms with E-state index in [4.69, 9.17) is 0 Å². The molecule has 0 saturated carbocycles. The molecule has 3 rings (SSSR count). The second-order valence-electron chi connectivity index (χ2n) is 7.72. The molecule has 0 bridgehead atoms. The molecule has 1 saturated heterocycles. The minimum atomic E-state index is -1.21. The topological polar surface area (TPSA) is 40.5 Å². The Hall–Kier alpha value is -2.36. The maximum Gasteiger partial charge on any atom is 0.230 e. The number of nitrogens with zero attached hydrogens (tertiary/aromatic N) is 1. The molecular formula is C21H24FNO2. The minimum absolute atomic E-state index is 0.0249. The van der Waals surface area contributed by atoms with Gasteiger partial charge in [0.25, 0.3) is 0 Å². The number of phenols is 1. The molecule has 0 spiro atoms. The number of hydrogen-bond acceptors (Lipinski definition) is 2. The van der Waals surface area contributed by atoms with Gasteiger partial charge in [0.15, 0.2) is 0 Å². The highest BCUT2D eigenvalue weighted by Gasteiger charge is 2.40. The van der Waals surface area contributed by atoms with E-state index < -0.39 is 12.2 Å². The molecule has 2 unspecified atom stereocenters. The molecule has 0 aromatic heterocycles. The van der Waals surface area contributed by atoms with Gasteiger partial charge in [0.1, 0.15) is 11.9 Å². The van der Waals surface area contributed by atoms with Crippen LogP contribution in [-0.4, -0.2) is 23.2 Å². The van der Waals surface area contributed by atoms with Crippen LogP contribution in [0.25, 0.3) is 0 Å². The van der Waals surface area contributed by atoms with E-state index in [0.29, 0.717) is 6.42 Å². The standard InChI is InChI=1S/C21H24FNO2/c1-21(2,3)15-7-9-16(10-8-15)23-19(18(22)13-20(23)25)12-14-5-4-6-17(24)11-14/h4-11,18-19,24H,12-13H2,1-3H3. The van der Waals surface area contributed by atoms with Crippen molar-refractivity contribution in [1.29, 1.82) is 0 Å². The molecule has 1 amide bonds. The van der Waals surface area contributed by atoms with Gasteiger partial charge in [-0.25, -0.2) is 4.39 Å². The molecule has 1 aliphatic rings. The van der Waals surface area contributed by atoms with E-state index in [1.54, 1.807) is 23.1 Å². The Balaban J connectivity index is 1.88. The number of phenolic OH excluding ortho intramolecular Hbond substituents is 1. The van der Waals surface area contributed by atoms with E-state index in [9.17, 15) is 14.3 Å². The molecule has 2 atom stereocenters. The number of aromatic hydroxyl groups is 1. The lowest BCUT2D eigenvalue weighted by atomic mass is 9.87. The summed E-state index contributed by atoms with van der Waals surface area (Å²) in [5.41, 5.74) is 2.74. The van der Waals surface area contributed by atoms with Gasteiger partial charge in [-0.2, -0.15) is 0 Å². The van der Waals surface area contributed by atoms with Gasteiger partial charge in [-0.3, -0.25) is 4.79 Å². The molecule has 4 heteroatoms. The van der Waals surface area contributed by atoms with Gasteiger partial charge in [-0.05, 0) is 47.2 Å². The molecule has 1 N–H and O–H groups in total. The summed E-state index contributed by atoms with van der Waals surface area (Å²) in [6.45, 7) is 6.39. The Morgan fingerprint density at radius 1 is 1.16 bits per heavy atom. The first-order valence-corrected chi connectivity index (χ1v) is 8.60. The van der Waals surface area contributed by atoms with Crippen molar-refractivity contribution in [1.82, 2.24) is 0 Å². The second-order valence-corrected chi connectivity index (χ2v) is 7.72. The maximum absolute atomic E-state index is 14.5. The van der Waals surface area contributed by atoms with Gasteiger partial charge in [0.2, 0.25) is 5.91 Å². The lowest BCUT2D eigenvalue weighted by Crippen LogP contribution is -2.37. The molecule has 0 aliphatic carbocycles. The first-order valence-electron chi connectivity index (χ1n) is 8.60. The molecule has 1 fully saturated rings. The number of amides is 1. The van der Waals surface area contributed by atoms with Crippen LogP contribution in [0.1, 0.15) is 38.3 Å². The fraction of sp³-hybridized carbons (Fsp3) is 0.381. The summed E-state index contributed by atoms with van der Waals surface area (Å²) in [5, 5.41) is 9.62. The Morgan fingerprint density at radius 2 is 1.84 bits per heavy atom. The Labute approximate surface area is 148 Å². The van der Waals surface area contributed by atoms with E-state index in [1.165, 1.54) is 5.56 Å². The zero-order valence-corrected chi connectivity index (χ0v) is 14.9. The second kappa shape index (κ2) is 6.51. The molecule has 1 aliphatic heterocycles. The van der Waals surface area contributed by atoms with Gasteiger partial charge in [-0.1, -0.05) is 45.0 Å².